The Morgan fingerprint density at radius 2 is 2.29 bits per heavy atom. The molecule has 0 aliphatic carbocycles. The Balaban J connectivity index is 1.59. The molecule has 1 aliphatic heterocycles. The molecule has 1 amide bonds. The van der Waals surface area contributed by atoms with Gasteiger partial charge in [0.15, 0.2) is 0 Å². The maximum Gasteiger partial charge on any atom is 0.225 e. The topological polar surface area (TPSA) is 58.1 Å². The van der Waals surface area contributed by atoms with Gasteiger partial charge in [-0.25, -0.2) is 9.97 Å². The molecular formula is C18H21BrN4O. The third-order valence-electron chi connectivity index (χ3n) is 4.21. The van der Waals surface area contributed by atoms with Crippen LogP contribution in [0.2, 0.25) is 0 Å². The molecule has 24 heavy (non-hydrogen) atoms. The maximum absolute atomic E-state index is 12.5. The zero-order valence-corrected chi connectivity index (χ0v) is 15.3. The van der Waals surface area contributed by atoms with Crippen LogP contribution in [0.1, 0.15) is 24.1 Å². The fraction of sp³-hybridized carbons (Fsp3) is 0.389. The quantitative estimate of drug-likeness (QED) is 0.873. The molecule has 0 spiro atoms. The van der Waals surface area contributed by atoms with Gasteiger partial charge in [-0.05, 0) is 43.5 Å². The van der Waals surface area contributed by atoms with Gasteiger partial charge in [-0.2, -0.15) is 0 Å². The molecule has 3 rings (SSSR count). The predicted molar refractivity (Wildman–Crippen MR) is 97.7 cm³/mol. The number of aryl methyl sites for hydroxylation is 1. The third-order valence-corrected chi connectivity index (χ3v) is 4.71. The Morgan fingerprint density at radius 3 is 3.08 bits per heavy atom. The van der Waals surface area contributed by atoms with Crippen LogP contribution in [0, 0.1) is 12.8 Å². The first-order chi connectivity index (χ1) is 11.6. The van der Waals surface area contributed by atoms with Crippen LogP contribution in [0.5, 0.6) is 0 Å². The van der Waals surface area contributed by atoms with Crippen molar-refractivity contribution in [2.24, 2.45) is 5.92 Å². The Hall–Kier alpha value is -1.95. The number of hydrogen-bond donors (Lipinski definition) is 1. The van der Waals surface area contributed by atoms with Crippen molar-refractivity contribution in [3.63, 3.8) is 0 Å². The lowest BCUT2D eigenvalue weighted by Crippen LogP contribution is -2.43. The van der Waals surface area contributed by atoms with Crippen LogP contribution in [-0.2, 0) is 11.3 Å². The number of benzene rings is 1. The third kappa shape index (κ3) is 4.32. The second-order valence-electron chi connectivity index (χ2n) is 6.13. The minimum atomic E-state index is -0.0185. The molecular weight excluding hydrogens is 368 g/mol. The van der Waals surface area contributed by atoms with Crippen molar-refractivity contribution in [1.82, 2.24) is 15.3 Å². The van der Waals surface area contributed by atoms with Crippen LogP contribution in [-0.4, -0.2) is 29.0 Å². The summed E-state index contributed by atoms with van der Waals surface area (Å²) in [5, 5.41) is 3.05. The summed E-state index contributed by atoms with van der Waals surface area (Å²) in [6, 6.07) is 9.87. The molecule has 0 saturated carbocycles. The van der Waals surface area contributed by atoms with Crippen molar-refractivity contribution in [3.8, 4) is 0 Å². The summed E-state index contributed by atoms with van der Waals surface area (Å²) in [4.78, 5) is 23.4. The predicted octanol–water partition coefficient (Wildman–Crippen LogP) is 3.08. The molecule has 1 fully saturated rings. The zero-order valence-electron chi connectivity index (χ0n) is 13.7. The van der Waals surface area contributed by atoms with Gasteiger partial charge in [-0.1, -0.05) is 28.1 Å². The van der Waals surface area contributed by atoms with E-state index in [-0.39, 0.29) is 11.8 Å². The zero-order chi connectivity index (χ0) is 16.9. The van der Waals surface area contributed by atoms with E-state index < -0.39 is 0 Å². The molecule has 5 nitrogen and oxygen atoms in total. The van der Waals surface area contributed by atoms with Gasteiger partial charge in [0, 0.05) is 36.0 Å². The maximum atomic E-state index is 12.5. The molecule has 1 N–H and O–H groups in total. The van der Waals surface area contributed by atoms with Gasteiger partial charge in [0.1, 0.15) is 0 Å². The van der Waals surface area contributed by atoms with E-state index in [2.05, 4.69) is 36.1 Å². The monoisotopic (exact) mass is 388 g/mol. The van der Waals surface area contributed by atoms with Crippen LogP contribution < -0.4 is 10.2 Å². The number of aromatic nitrogens is 2. The van der Waals surface area contributed by atoms with Crippen molar-refractivity contribution in [1.29, 1.82) is 0 Å². The Morgan fingerprint density at radius 1 is 1.42 bits per heavy atom. The first kappa shape index (κ1) is 16.9. The van der Waals surface area contributed by atoms with E-state index in [4.69, 9.17) is 0 Å². The number of nitrogens with one attached hydrogen (secondary N) is 1. The lowest BCUT2D eigenvalue weighted by molar-refractivity contribution is -0.125. The molecule has 0 bridgehead atoms. The highest BCUT2D eigenvalue weighted by atomic mass is 79.9. The average Bonchev–Trinajstić information content (AvgIpc) is 2.60. The van der Waals surface area contributed by atoms with Crippen LogP contribution in [0.15, 0.2) is 41.0 Å². The van der Waals surface area contributed by atoms with Crippen molar-refractivity contribution < 1.29 is 4.79 Å². The second-order valence-corrected chi connectivity index (χ2v) is 7.05. The molecule has 1 aliphatic rings. The minimum absolute atomic E-state index is 0.0185. The van der Waals surface area contributed by atoms with Crippen LogP contribution in [0.4, 0.5) is 5.95 Å². The van der Waals surface area contributed by atoms with Crippen molar-refractivity contribution in [2.45, 2.75) is 26.3 Å². The molecule has 1 saturated heterocycles. The lowest BCUT2D eigenvalue weighted by atomic mass is 9.97. The van der Waals surface area contributed by atoms with Gasteiger partial charge in [0.2, 0.25) is 11.9 Å². The number of piperidine rings is 1. The fourth-order valence-electron chi connectivity index (χ4n) is 2.94. The summed E-state index contributed by atoms with van der Waals surface area (Å²) in [5.74, 6) is 0.807. The normalized spacial score (nSPS) is 17.6. The summed E-state index contributed by atoms with van der Waals surface area (Å²) in [7, 11) is 0. The van der Waals surface area contributed by atoms with Crippen LogP contribution in [0.3, 0.4) is 0 Å². The van der Waals surface area contributed by atoms with Crippen molar-refractivity contribution >= 4 is 27.8 Å². The van der Waals surface area contributed by atoms with Crippen molar-refractivity contribution in [2.75, 3.05) is 18.0 Å². The largest absolute Gasteiger partial charge is 0.352 e. The fourth-order valence-corrected chi connectivity index (χ4v) is 3.39. The van der Waals surface area contributed by atoms with Gasteiger partial charge in [-0.3, -0.25) is 4.79 Å². The van der Waals surface area contributed by atoms with E-state index in [0.717, 1.165) is 41.1 Å². The highest BCUT2D eigenvalue weighted by Gasteiger charge is 2.26. The van der Waals surface area contributed by atoms with E-state index in [0.29, 0.717) is 13.1 Å². The number of rotatable bonds is 4. The minimum Gasteiger partial charge on any atom is -0.352 e. The van der Waals surface area contributed by atoms with Gasteiger partial charge in [-0.15, -0.1) is 0 Å². The molecule has 2 aromatic rings. The van der Waals surface area contributed by atoms with Crippen LogP contribution in [0.25, 0.3) is 0 Å². The number of carbonyl (C=O) groups is 1. The van der Waals surface area contributed by atoms with E-state index in [1.807, 2.05) is 37.3 Å². The second kappa shape index (κ2) is 7.75. The lowest BCUT2D eigenvalue weighted by Gasteiger charge is -2.32. The number of carbonyl (C=O) groups excluding carboxylic acids is 1. The Kier molecular flexibility index (Phi) is 5.45. The van der Waals surface area contributed by atoms with Gasteiger partial charge < -0.3 is 10.2 Å². The molecule has 6 heteroatoms. The molecule has 1 aromatic carbocycles. The van der Waals surface area contributed by atoms with Crippen molar-refractivity contribution in [3.05, 3.63) is 52.3 Å². The standard InChI is InChI=1S/C18H21BrN4O/c1-13-7-8-20-18(22-13)23-9-3-5-15(12-23)17(24)21-11-14-4-2-6-16(19)10-14/h2,4,6-8,10,15H,3,5,9,11-12H2,1H3,(H,21,24). The molecule has 1 aromatic heterocycles. The molecule has 1 unspecified atom stereocenters. The summed E-state index contributed by atoms with van der Waals surface area (Å²) in [6.45, 7) is 4.08. The Labute approximate surface area is 150 Å². The molecule has 126 valence electrons. The molecule has 0 radical (unpaired) electrons. The highest BCUT2D eigenvalue weighted by Crippen LogP contribution is 2.21. The smallest absolute Gasteiger partial charge is 0.225 e. The summed E-state index contributed by atoms with van der Waals surface area (Å²) < 4.78 is 1.02. The summed E-state index contributed by atoms with van der Waals surface area (Å²) in [5.41, 5.74) is 2.04. The summed E-state index contributed by atoms with van der Waals surface area (Å²) >= 11 is 3.45. The Bertz CT molecular complexity index is 722. The van der Waals surface area contributed by atoms with E-state index in [1.54, 1.807) is 6.20 Å². The number of hydrogen-bond acceptors (Lipinski definition) is 4. The van der Waals surface area contributed by atoms with Gasteiger partial charge in [0.25, 0.3) is 0 Å². The number of nitrogens with zero attached hydrogens (tertiary/aromatic N) is 3. The van der Waals surface area contributed by atoms with Crippen LogP contribution >= 0.6 is 15.9 Å². The van der Waals surface area contributed by atoms with E-state index in [1.165, 1.54) is 0 Å². The average molecular weight is 389 g/mol. The van der Waals surface area contributed by atoms with E-state index >= 15 is 0 Å². The number of anilines is 1. The first-order valence-corrected chi connectivity index (χ1v) is 8.98. The molecule has 1 atom stereocenters. The van der Waals surface area contributed by atoms with E-state index in [9.17, 15) is 4.79 Å². The SMILES string of the molecule is Cc1ccnc(N2CCCC(C(=O)NCc3cccc(Br)c3)C2)n1. The molecule has 2 heterocycles. The highest BCUT2D eigenvalue weighted by molar-refractivity contribution is 9.10. The number of amides is 1. The van der Waals surface area contributed by atoms with Gasteiger partial charge in [0.05, 0.1) is 5.92 Å². The summed E-state index contributed by atoms with van der Waals surface area (Å²) in [6.07, 6.45) is 3.66. The van der Waals surface area contributed by atoms with Gasteiger partial charge >= 0.3 is 0 Å². The first-order valence-electron chi connectivity index (χ1n) is 8.18. The number of halogens is 1.